The third-order valence-corrected chi connectivity index (χ3v) is 3.95. The van der Waals surface area contributed by atoms with Gasteiger partial charge in [-0.25, -0.2) is 0 Å². The molecule has 1 N–H and O–H groups in total. The van der Waals surface area contributed by atoms with Crippen LogP contribution in [-0.2, 0) is 9.53 Å². The average Bonchev–Trinajstić information content (AvgIpc) is 2.59. The predicted molar refractivity (Wildman–Crippen MR) is 67.6 cm³/mol. The second kappa shape index (κ2) is 7.00. The van der Waals surface area contributed by atoms with Crippen molar-refractivity contribution in [1.82, 2.24) is 0 Å². The standard InChI is InChI=1S/C14H26O3/c1-4-7-8-12-13(15)11(14(16)17-12)9-10(5-2)6-3/h10-13,15H,4-9H2,1-3H3. The Morgan fingerprint density at radius 2 is 1.94 bits per heavy atom. The highest BCUT2D eigenvalue weighted by Gasteiger charge is 2.43. The van der Waals surface area contributed by atoms with Crippen LogP contribution in [0.4, 0.5) is 0 Å². The van der Waals surface area contributed by atoms with Gasteiger partial charge in [0.05, 0.1) is 5.92 Å². The zero-order valence-electron chi connectivity index (χ0n) is 11.3. The molecule has 0 aromatic heterocycles. The van der Waals surface area contributed by atoms with Crippen LogP contribution in [0.15, 0.2) is 0 Å². The van der Waals surface area contributed by atoms with Crippen LogP contribution in [0.5, 0.6) is 0 Å². The van der Waals surface area contributed by atoms with Gasteiger partial charge in [0, 0.05) is 0 Å². The van der Waals surface area contributed by atoms with E-state index >= 15 is 0 Å². The number of unbranched alkanes of at least 4 members (excludes halogenated alkanes) is 1. The molecule has 0 radical (unpaired) electrons. The van der Waals surface area contributed by atoms with Gasteiger partial charge in [0.2, 0.25) is 0 Å². The molecule has 0 bridgehead atoms. The van der Waals surface area contributed by atoms with Gasteiger partial charge in [0.15, 0.2) is 0 Å². The van der Waals surface area contributed by atoms with Crippen molar-refractivity contribution in [1.29, 1.82) is 0 Å². The van der Waals surface area contributed by atoms with Gasteiger partial charge in [-0.05, 0) is 25.2 Å². The molecule has 3 heteroatoms. The van der Waals surface area contributed by atoms with Crippen molar-refractivity contribution in [3.8, 4) is 0 Å². The number of hydrogen-bond donors (Lipinski definition) is 1. The van der Waals surface area contributed by atoms with Crippen molar-refractivity contribution >= 4 is 5.97 Å². The fraction of sp³-hybridized carbons (Fsp3) is 0.929. The molecule has 1 saturated heterocycles. The molecule has 3 nitrogen and oxygen atoms in total. The number of aliphatic hydroxyl groups is 1. The van der Waals surface area contributed by atoms with Crippen LogP contribution >= 0.6 is 0 Å². The van der Waals surface area contributed by atoms with Crippen molar-refractivity contribution in [3.05, 3.63) is 0 Å². The highest BCUT2D eigenvalue weighted by Crippen LogP contribution is 2.31. The van der Waals surface area contributed by atoms with Crippen LogP contribution in [0.1, 0.15) is 59.3 Å². The Morgan fingerprint density at radius 3 is 2.47 bits per heavy atom. The Labute approximate surface area is 105 Å². The Bertz CT molecular complexity index is 236. The number of esters is 1. The molecule has 1 aliphatic heterocycles. The Kier molecular flexibility index (Phi) is 5.96. The molecule has 3 unspecified atom stereocenters. The maximum Gasteiger partial charge on any atom is 0.312 e. The SMILES string of the molecule is CCCCC1OC(=O)C(CC(CC)CC)C1O. The molecule has 0 aromatic rings. The fourth-order valence-electron chi connectivity index (χ4n) is 2.56. The first-order valence-corrected chi connectivity index (χ1v) is 7.02. The summed E-state index contributed by atoms with van der Waals surface area (Å²) in [5.74, 6) is 0.0411. The van der Waals surface area contributed by atoms with E-state index in [4.69, 9.17) is 4.74 Å². The lowest BCUT2D eigenvalue weighted by Crippen LogP contribution is -2.28. The van der Waals surface area contributed by atoms with Crippen molar-refractivity contribution < 1.29 is 14.6 Å². The van der Waals surface area contributed by atoms with Crippen LogP contribution < -0.4 is 0 Å². The second-order valence-electron chi connectivity index (χ2n) is 5.13. The first-order chi connectivity index (χ1) is 8.13. The topological polar surface area (TPSA) is 46.5 Å². The minimum absolute atomic E-state index is 0.189. The largest absolute Gasteiger partial charge is 0.459 e. The monoisotopic (exact) mass is 242 g/mol. The summed E-state index contributed by atoms with van der Waals surface area (Å²) in [5.41, 5.74) is 0. The van der Waals surface area contributed by atoms with E-state index in [0.29, 0.717) is 5.92 Å². The third-order valence-electron chi connectivity index (χ3n) is 3.95. The lowest BCUT2D eigenvalue weighted by atomic mass is 9.86. The summed E-state index contributed by atoms with van der Waals surface area (Å²) >= 11 is 0. The van der Waals surface area contributed by atoms with E-state index in [2.05, 4.69) is 20.8 Å². The number of cyclic esters (lactones) is 1. The molecule has 1 fully saturated rings. The van der Waals surface area contributed by atoms with E-state index in [1.807, 2.05) is 0 Å². The minimum atomic E-state index is -0.588. The molecule has 0 saturated carbocycles. The number of ether oxygens (including phenoxy) is 1. The smallest absolute Gasteiger partial charge is 0.312 e. The van der Waals surface area contributed by atoms with Crippen molar-refractivity contribution in [2.45, 2.75) is 71.5 Å². The molecule has 1 rings (SSSR count). The van der Waals surface area contributed by atoms with Crippen LogP contribution in [-0.4, -0.2) is 23.3 Å². The first kappa shape index (κ1) is 14.5. The lowest BCUT2D eigenvalue weighted by Gasteiger charge is -2.18. The van der Waals surface area contributed by atoms with E-state index < -0.39 is 6.10 Å². The zero-order chi connectivity index (χ0) is 12.8. The van der Waals surface area contributed by atoms with Crippen LogP contribution in [0.2, 0.25) is 0 Å². The summed E-state index contributed by atoms with van der Waals surface area (Å²) in [5, 5.41) is 10.1. The van der Waals surface area contributed by atoms with Crippen LogP contribution in [0.25, 0.3) is 0 Å². The van der Waals surface area contributed by atoms with E-state index in [9.17, 15) is 9.90 Å². The molecule has 0 aromatic carbocycles. The van der Waals surface area contributed by atoms with Gasteiger partial charge in [-0.3, -0.25) is 4.79 Å². The Hall–Kier alpha value is -0.570. The molecule has 3 atom stereocenters. The van der Waals surface area contributed by atoms with Gasteiger partial charge in [-0.2, -0.15) is 0 Å². The molecular formula is C14H26O3. The maximum atomic E-state index is 11.7. The minimum Gasteiger partial charge on any atom is -0.459 e. The number of rotatable bonds is 7. The molecular weight excluding hydrogens is 216 g/mol. The van der Waals surface area contributed by atoms with Gasteiger partial charge < -0.3 is 9.84 Å². The van der Waals surface area contributed by atoms with E-state index in [0.717, 1.165) is 38.5 Å². The number of aliphatic hydroxyl groups excluding tert-OH is 1. The van der Waals surface area contributed by atoms with Crippen LogP contribution in [0.3, 0.4) is 0 Å². The quantitative estimate of drug-likeness (QED) is 0.698. The second-order valence-corrected chi connectivity index (χ2v) is 5.13. The van der Waals surface area contributed by atoms with Crippen molar-refractivity contribution in [2.75, 3.05) is 0 Å². The van der Waals surface area contributed by atoms with Gasteiger partial charge in [0.1, 0.15) is 12.2 Å². The van der Waals surface area contributed by atoms with E-state index in [1.165, 1.54) is 0 Å². The van der Waals surface area contributed by atoms with E-state index in [-0.39, 0.29) is 18.0 Å². The molecule has 0 amide bonds. The molecule has 1 heterocycles. The summed E-state index contributed by atoms with van der Waals surface area (Å²) in [6.45, 7) is 6.37. The van der Waals surface area contributed by atoms with Gasteiger partial charge in [-0.15, -0.1) is 0 Å². The molecule has 17 heavy (non-hydrogen) atoms. The Morgan fingerprint density at radius 1 is 1.29 bits per heavy atom. The molecule has 1 aliphatic rings. The average molecular weight is 242 g/mol. The summed E-state index contributed by atoms with van der Waals surface area (Å²) in [6.07, 6.45) is 4.92. The van der Waals surface area contributed by atoms with E-state index in [1.54, 1.807) is 0 Å². The maximum absolute atomic E-state index is 11.7. The molecule has 0 spiro atoms. The highest BCUT2D eigenvalue weighted by atomic mass is 16.6. The third kappa shape index (κ3) is 3.70. The van der Waals surface area contributed by atoms with Gasteiger partial charge >= 0.3 is 5.97 Å². The normalized spacial score (nSPS) is 28.8. The number of carbonyl (C=O) groups is 1. The summed E-state index contributed by atoms with van der Waals surface area (Å²) < 4.78 is 5.29. The first-order valence-electron chi connectivity index (χ1n) is 7.02. The number of hydrogen-bond acceptors (Lipinski definition) is 3. The predicted octanol–water partition coefficient (Wildman–Crippen LogP) is 2.91. The molecule has 0 aliphatic carbocycles. The lowest BCUT2D eigenvalue weighted by molar-refractivity contribution is -0.144. The zero-order valence-corrected chi connectivity index (χ0v) is 11.3. The molecule has 100 valence electrons. The fourth-order valence-corrected chi connectivity index (χ4v) is 2.56. The van der Waals surface area contributed by atoms with Crippen molar-refractivity contribution in [2.24, 2.45) is 11.8 Å². The highest BCUT2D eigenvalue weighted by molar-refractivity contribution is 5.75. The van der Waals surface area contributed by atoms with Gasteiger partial charge in [0.25, 0.3) is 0 Å². The summed E-state index contributed by atoms with van der Waals surface area (Å²) in [4.78, 5) is 11.7. The Balaban J connectivity index is 2.52. The van der Waals surface area contributed by atoms with Gasteiger partial charge in [-0.1, -0.05) is 40.0 Å². The summed E-state index contributed by atoms with van der Waals surface area (Å²) in [6, 6.07) is 0. The van der Waals surface area contributed by atoms with Crippen LogP contribution in [0, 0.1) is 11.8 Å². The number of carbonyl (C=O) groups excluding carboxylic acids is 1. The summed E-state index contributed by atoms with van der Waals surface area (Å²) in [7, 11) is 0. The van der Waals surface area contributed by atoms with Crippen molar-refractivity contribution in [3.63, 3.8) is 0 Å².